The van der Waals surface area contributed by atoms with E-state index in [1.807, 2.05) is 0 Å². The highest BCUT2D eigenvalue weighted by Crippen LogP contribution is 2.32. The Balaban J connectivity index is 3.96. The summed E-state index contributed by atoms with van der Waals surface area (Å²) in [5.41, 5.74) is 0.128. The van der Waals surface area contributed by atoms with Gasteiger partial charge in [0, 0.05) is 0 Å². The van der Waals surface area contributed by atoms with E-state index in [1.165, 1.54) is 0 Å². The Bertz CT molecular complexity index is 76.9. The lowest BCUT2D eigenvalue weighted by Gasteiger charge is -2.28. The lowest BCUT2D eigenvalue weighted by Crippen LogP contribution is -2.23. The van der Waals surface area contributed by atoms with Crippen LogP contribution in [0.15, 0.2) is 0 Å². The molecule has 0 aliphatic heterocycles. The molecular formula is C10H21O. The van der Waals surface area contributed by atoms with Crippen LogP contribution >= 0.6 is 0 Å². The lowest BCUT2D eigenvalue weighted by molar-refractivity contribution is 0.0491. The van der Waals surface area contributed by atoms with Crippen molar-refractivity contribution in [3.8, 4) is 0 Å². The maximum Gasteiger partial charge on any atom is 0.0878 e. The molecule has 67 valence electrons. The lowest BCUT2D eigenvalue weighted by atomic mass is 9.78. The van der Waals surface area contributed by atoms with Gasteiger partial charge in [-0.25, -0.2) is 5.11 Å². The van der Waals surface area contributed by atoms with Gasteiger partial charge >= 0.3 is 0 Å². The van der Waals surface area contributed by atoms with Gasteiger partial charge < -0.3 is 0 Å². The summed E-state index contributed by atoms with van der Waals surface area (Å²) in [6, 6.07) is 0. The summed E-state index contributed by atoms with van der Waals surface area (Å²) >= 11 is 0. The zero-order valence-corrected chi connectivity index (χ0v) is 8.15. The van der Waals surface area contributed by atoms with Crippen molar-refractivity contribution in [2.75, 3.05) is 6.61 Å². The van der Waals surface area contributed by atoms with Crippen molar-refractivity contribution in [1.29, 1.82) is 0 Å². The molecule has 0 saturated heterocycles. The van der Waals surface area contributed by atoms with Gasteiger partial charge in [0.05, 0.1) is 6.61 Å². The molecule has 0 atom stereocenters. The molecule has 1 heteroatoms. The molecule has 0 aromatic rings. The second-order valence-corrected chi connectivity index (χ2v) is 3.50. The van der Waals surface area contributed by atoms with Gasteiger partial charge in [-0.1, -0.05) is 33.6 Å². The summed E-state index contributed by atoms with van der Waals surface area (Å²) in [6.07, 6.45) is 5.58. The monoisotopic (exact) mass is 157 g/mol. The molecule has 0 spiro atoms. The van der Waals surface area contributed by atoms with Gasteiger partial charge in [0.2, 0.25) is 0 Å². The zero-order valence-electron chi connectivity index (χ0n) is 8.15. The largest absolute Gasteiger partial charge is 0.236 e. The second-order valence-electron chi connectivity index (χ2n) is 3.50. The van der Waals surface area contributed by atoms with E-state index >= 15 is 0 Å². The van der Waals surface area contributed by atoms with Gasteiger partial charge in [0.25, 0.3) is 0 Å². The number of hydrogen-bond acceptors (Lipinski definition) is 0. The maximum absolute atomic E-state index is 11.0. The fourth-order valence-electron chi connectivity index (χ4n) is 1.79. The third kappa shape index (κ3) is 3.24. The van der Waals surface area contributed by atoms with E-state index in [9.17, 15) is 5.11 Å². The van der Waals surface area contributed by atoms with Crippen LogP contribution in [0.4, 0.5) is 0 Å². The van der Waals surface area contributed by atoms with Crippen molar-refractivity contribution < 1.29 is 5.11 Å². The van der Waals surface area contributed by atoms with E-state index in [2.05, 4.69) is 20.8 Å². The van der Waals surface area contributed by atoms with Crippen LogP contribution in [0.5, 0.6) is 0 Å². The predicted molar refractivity (Wildman–Crippen MR) is 48.1 cm³/mol. The summed E-state index contributed by atoms with van der Waals surface area (Å²) < 4.78 is 0. The second kappa shape index (κ2) is 5.59. The average molecular weight is 157 g/mol. The third-order valence-electron chi connectivity index (χ3n) is 2.62. The Morgan fingerprint density at radius 2 is 1.45 bits per heavy atom. The maximum atomic E-state index is 11.0. The molecular weight excluding hydrogens is 136 g/mol. The minimum absolute atomic E-state index is 0.116. The normalized spacial score (nSPS) is 12.0. The molecule has 0 aromatic heterocycles. The molecule has 0 aliphatic rings. The quantitative estimate of drug-likeness (QED) is 0.563. The Kier molecular flexibility index (Phi) is 5.57. The topological polar surface area (TPSA) is 19.9 Å². The van der Waals surface area contributed by atoms with Gasteiger partial charge in [0.15, 0.2) is 0 Å². The predicted octanol–water partition coefficient (Wildman–Crippen LogP) is 3.41. The Morgan fingerprint density at radius 3 is 1.64 bits per heavy atom. The molecule has 0 amide bonds. The van der Waals surface area contributed by atoms with Crippen LogP contribution in [0.3, 0.4) is 0 Å². The van der Waals surface area contributed by atoms with E-state index in [0.717, 1.165) is 32.1 Å². The molecule has 0 N–H and O–H groups in total. The molecule has 0 aromatic carbocycles. The first-order valence-corrected chi connectivity index (χ1v) is 4.82. The molecule has 0 rings (SSSR count). The van der Waals surface area contributed by atoms with Crippen molar-refractivity contribution in [2.45, 2.75) is 52.9 Å². The van der Waals surface area contributed by atoms with Crippen molar-refractivity contribution >= 4 is 0 Å². The summed E-state index contributed by atoms with van der Waals surface area (Å²) in [4.78, 5) is 0. The van der Waals surface area contributed by atoms with Gasteiger partial charge in [-0.05, 0) is 24.7 Å². The third-order valence-corrected chi connectivity index (χ3v) is 2.62. The summed E-state index contributed by atoms with van der Waals surface area (Å²) in [5.74, 6) is 0. The smallest absolute Gasteiger partial charge is 0.0878 e. The highest BCUT2D eigenvalue weighted by molar-refractivity contribution is 4.75. The van der Waals surface area contributed by atoms with Crippen LogP contribution < -0.4 is 0 Å². The first kappa shape index (κ1) is 11.0. The SMILES string of the molecule is CCCC(CC)(C[O])CCC. The molecule has 0 saturated carbocycles. The summed E-state index contributed by atoms with van der Waals surface area (Å²) in [6.45, 7) is 6.58. The molecule has 1 radical (unpaired) electrons. The van der Waals surface area contributed by atoms with Crippen molar-refractivity contribution in [3.05, 3.63) is 0 Å². The van der Waals surface area contributed by atoms with E-state index in [0.29, 0.717) is 0 Å². The first-order valence-electron chi connectivity index (χ1n) is 4.82. The van der Waals surface area contributed by atoms with Crippen molar-refractivity contribution in [2.24, 2.45) is 5.41 Å². The fourth-order valence-corrected chi connectivity index (χ4v) is 1.79. The molecule has 0 aliphatic carbocycles. The molecule has 0 bridgehead atoms. The molecule has 0 heterocycles. The molecule has 0 fully saturated rings. The number of rotatable bonds is 6. The average Bonchev–Trinajstić information content (AvgIpc) is 2.04. The molecule has 1 nitrogen and oxygen atoms in total. The first-order chi connectivity index (χ1) is 5.24. The standard InChI is InChI=1S/C10H21O/c1-4-7-10(6-3,9-11)8-5-2/h4-9H2,1-3H3. The van der Waals surface area contributed by atoms with Crippen LogP contribution in [0.25, 0.3) is 0 Å². The molecule has 11 heavy (non-hydrogen) atoms. The van der Waals surface area contributed by atoms with Gasteiger partial charge in [-0.3, -0.25) is 0 Å². The minimum atomic E-state index is 0.116. The summed E-state index contributed by atoms with van der Waals surface area (Å²) in [5, 5.41) is 11.0. The van der Waals surface area contributed by atoms with Gasteiger partial charge in [0.1, 0.15) is 0 Å². The van der Waals surface area contributed by atoms with Gasteiger partial charge in [-0.15, -0.1) is 0 Å². The summed E-state index contributed by atoms with van der Waals surface area (Å²) in [7, 11) is 0. The van der Waals surface area contributed by atoms with Crippen LogP contribution in [-0.2, 0) is 5.11 Å². The van der Waals surface area contributed by atoms with E-state index < -0.39 is 0 Å². The Labute approximate surface area is 70.8 Å². The van der Waals surface area contributed by atoms with Crippen LogP contribution in [0.2, 0.25) is 0 Å². The van der Waals surface area contributed by atoms with Crippen LogP contribution in [0.1, 0.15) is 52.9 Å². The zero-order chi connectivity index (χ0) is 8.74. The Morgan fingerprint density at radius 1 is 1.00 bits per heavy atom. The van der Waals surface area contributed by atoms with Crippen LogP contribution in [-0.4, -0.2) is 6.61 Å². The van der Waals surface area contributed by atoms with E-state index in [4.69, 9.17) is 0 Å². The molecule has 0 unspecified atom stereocenters. The highest BCUT2D eigenvalue weighted by atomic mass is 16.3. The minimum Gasteiger partial charge on any atom is -0.236 e. The van der Waals surface area contributed by atoms with Crippen LogP contribution in [0, 0.1) is 5.41 Å². The Hall–Kier alpha value is -0.0400. The van der Waals surface area contributed by atoms with E-state index in [1.54, 1.807) is 0 Å². The van der Waals surface area contributed by atoms with Crippen molar-refractivity contribution in [1.82, 2.24) is 0 Å². The number of hydrogen-bond donors (Lipinski definition) is 0. The van der Waals surface area contributed by atoms with E-state index in [-0.39, 0.29) is 12.0 Å². The fraction of sp³-hybridized carbons (Fsp3) is 1.00. The van der Waals surface area contributed by atoms with Crippen molar-refractivity contribution in [3.63, 3.8) is 0 Å². The van der Waals surface area contributed by atoms with Gasteiger partial charge in [-0.2, -0.15) is 0 Å². The highest BCUT2D eigenvalue weighted by Gasteiger charge is 2.25.